The van der Waals surface area contributed by atoms with Crippen molar-refractivity contribution in [3.05, 3.63) is 12.2 Å². The second-order valence-electron chi connectivity index (χ2n) is 3.43. The molecular formula is C8H16N4. The SMILES string of the molecule is CC(C)CC(CN)c1ncn[nH]1. The maximum absolute atomic E-state index is 5.62. The Morgan fingerprint density at radius 3 is 2.75 bits per heavy atom. The first-order chi connectivity index (χ1) is 5.74. The monoisotopic (exact) mass is 168 g/mol. The van der Waals surface area contributed by atoms with Crippen molar-refractivity contribution in [1.82, 2.24) is 15.2 Å². The summed E-state index contributed by atoms with van der Waals surface area (Å²) in [6.45, 7) is 4.99. The highest BCUT2D eigenvalue weighted by Gasteiger charge is 2.13. The molecule has 0 amide bonds. The highest BCUT2D eigenvalue weighted by atomic mass is 15.2. The maximum Gasteiger partial charge on any atom is 0.137 e. The lowest BCUT2D eigenvalue weighted by Gasteiger charge is -2.13. The lowest BCUT2D eigenvalue weighted by molar-refractivity contribution is 0.489. The zero-order chi connectivity index (χ0) is 8.97. The summed E-state index contributed by atoms with van der Waals surface area (Å²) in [5.74, 6) is 1.88. The van der Waals surface area contributed by atoms with Crippen molar-refractivity contribution in [2.75, 3.05) is 6.54 Å². The van der Waals surface area contributed by atoms with Gasteiger partial charge < -0.3 is 5.73 Å². The van der Waals surface area contributed by atoms with Crippen molar-refractivity contribution in [1.29, 1.82) is 0 Å². The summed E-state index contributed by atoms with van der Waals surface area (Å²) in [6.07, 6.45) is 2.59. The summed E-state index contributed by atoms with van der Waals surface area (Å²) in [7, 11) is 0. The minimum absolute atomic E-state index is 0.326. The summed E-state index contributed by atoms with van der Waals surface area (Å²) in [6, 6.07) is 0. The largest absolute Gasteiger partial charge is 0.330 e. The van der Waals surface area contributed by atoms with E-state index in [-0.39, 0.29) is 0 Å². The summed E-state index contributed by atoms with van der Waals surface area (Å²) in [4.78, 5) is 4.09. The molecule has 1 rings (SSSR count). The van der Waals surface area contributed by atoms with E-state index in [2.05, 4.69) is 29.0 Å². The van der Waals surface area contributed by atoms with Crippen LogP contribution in [0.25, 0.3) is 0 Å². The van der Waals surface area contributed by atoms with Gasteiger partial charge in [0.25, 0.3) is 0 Å². The van der Waals surface area contributed by atoms with Gasteiger partial charge in [0.05, 0.1) is 0 Å². The molecule has 1 atom stereocenters. The number of H-pyrrole nitrogens is 1. The molecule has 0 aliphatic heterocycles. The normalized spacial score (nSPS) is 13.7. The Labute approximate surface area is 72.6 Å². The van der Waals surface area contributed by atoms with E-state index < -0.39 is 0 Å². The van der Waals surface area contributed by atoms with E-state index in [1.165, 1.54) is 6.33 Å². The first kappa shape index (κ1) is 9.19. The molecule has 1 aromatic heterocycles. The van der Waals surface area contributed by atoms with Crippen LogP contribution in [0, 0.1) is 5.92 Å². The first-order valence-electron chi connectivity index (χ1n) is 4.29. The quantitative estimate of drug-likeness (QED) is 0.701. The molecule has 0 saturated heterocycles. The summed E-state index contributed by atoms with van der Waals surface area (Å²) in [5, 5.41) is 6.66. The Hall–Kier alpha value is -0.900. The molecule has 0 aliphatic carbocycles. The van der Waals surface area contributed by atoms with Gasteiger partial charge in [0.1, 0.15) is 12.2 Å². The summed E-state index contributed by atoms with van der Waals surface area (Å²) < 4.78 is 0. The molecule has 0 saturated carbocycles. The van der Waals surface area contributed by atoms with E-state index >= 15 is 0 Å². The van der Waals surface area contributed by atoms with Crippen LogP contribution in [0.4, 0.5) is 0 Å². The standard InChI is InChI=1S/C8H16N4/c1-6(2)3-7(4-9)8-10-5-11-12-8/h5-7H,3-4,9H2,1-2H3,(H,10,11,12). The lowest BCUT2D eigenvalue weighted by atomic mass is 9.97. The lowest BCUT2D eigenvalue weighted by Crippen LogP contribution is -2.15. The van der Waals surface area contributed by atoms with Gasteiger partial charge in [0.2, 0.25) is 0 Å². The Kier molecular flexibility index (Phi) is 3.22. The molecule has 3 N–H and O–H groups in total. The van der Waals surface area contributed by atoms with E-state index in [4.69, 9.17) is 5.73 Å². The van der Waals surface area contributed by atoms with Crippen LogP contribution in [0.15, 0.2) is 6.33 Å². The molecule has 0 bridgehead atoms. The van der Waals surface area contributed by atoms with Crippen molar-refractivity contribution < 1.29 is 0 Å². The Bertz CT molecular complexity index is 205. The second kappa shape index (κ2) is 4.21. The topological polar surface area (TPSA) is 67.6 Å². The molecule has 4 heteroatoms. The van der Waals surface area contributed by atoms with Gasteiger partial charge in [-0.2, -0.15) is 5.10 Å². The van der Waals surface area contributed by atoms with Crippen LogP contribution in [0.3, 0.4) is 0 Å². The fraction of sp³-hybridized carbons (Fsp3) is 0.750. The van der Waals surface area contributed by atoms with Crippen molar-refractivity contribution in [3.63, 3.8) is 0 Å². The number of hydrogen-bond donors (Lipinski definition) is 2. The average molecular weight is 168 g/mol. The minimum Gasteiger partial charge on any atom is -0.330 e. The van der Waals surface area contributed by atoms with Gasteiger partial charge in [0.15, 0.2) is 0 Å². The van der Waals surface area contributed by atoms with Gasteiger partial charge in [0, 0.05) is 12.5 Å². The predicted octanol–water partition coefficient (Wildman–Crippen LogP) is 0.893. The second-order valence-corrected chi connectivity index (χ2v) is 3.43. The van der Waals surface area contributed by atoms with Crippen LogP contribution < -0.4 is 5.73 Å². The van der Waals surface area contributed by atoms with Gasteiger partial charge >= 0.3 is 0 Å². The van der Waals surface area contributed by atoms with Crippen molar-refractivity contribution in [2.24, 2.45) is 11.7 Å². The van der Waals surface area contributed by atoms with Gasteiger partial charge in [-0.1, -0.05) is 13.8 Å². The zero-order valence-corrected chi connectivity index (χ0v) is 7.62. The Morgan fingerprint density at radius 1 is 1.58 bits per heavy atom. The van der Waals surface area contributed by atoms with Gasteiger partial charge in [-0.25, -0.2) is 4.98 Å². The number of aromatic amines is 1. The summed E-state index contributed by atoms with van der Waals surface area (Å²) >= 11 is 0. The van der Waals surface area contributed by atoms with Crippen LogP contribution in [0.5, 0.6) is 0 Å². The van der Waals surface area contributed by atoms with E-state index in [9.17, 15) is 0 Å². The average Bonchev–Trinajstić information content (AvgIpc) is 2.51. The molecule has 12 heavy (non-hydrogen) atoms. The molecule has 1 heterocycles. The van der Waals surface area contributed by atoms with Gasteiger partial charge in [-0.05, 0) is 12.3 Å². The third-order valence-corrected chi connectivity index (χ3v) is 1.86. The summed E-state index contributed by atoms with van der Waals surface area (Å²) in [5.41, 5.74) is 5.62. The van der Waals surface area contributed by atoms with Crippen LogP contribution in [-0.4, -0.2) is 21.7 Å². The predicted molar refractivity (Wildman–Crippen MR) is 47.6 cm³/mol. The van der Waals surface area contributed by atoms with E-state index in [1.54, 1.807) is 0 Å². The third kappa shape index (κ3) is 2.30. The van der Waals surface area contributed by atoms with Crippen molar-refractivity contribution in [3.8, 4) is 0 Å². The number of nitrogens with one attached hydrogen (secondary N) is 1. The number of hydrogen-bond acceptors (Lipinski definition) is 3. The number of nitrogens with zero attached hydrogens (tertiary/aromatic N) is 2. The van der Waals surface area contributed by atoms with Crippen molar-refractivity contribution in [2.45, 2.75) is 26.2 Å². The van der Waals surface area contributed by atoms with E-state index in [1.807, 2.05) is 0 Å². The minimum atomic E-state index is 0.326. The third-order valence-electron chi connectivity index (χ3n) is 1.86. The van der Waals surface area contributed by atoms with Gasteiger partial charge in [-0.15, -0.1) is 0 Å². The molecule has 1 unspecified atom stereocenters. The molecule has 0 fully saturated rings. The zero-order valence-electron chi connectivity index (χ0n) is 7.62. The highest BCUT2D eigenvalue weighted by molar-refractivity contribution is 4.93. The first-order valence-corrected chi connectivity index (χ1v) is 4.29. The Morgan fingerprint density at radius 2 is 2.33 bits per heavy atom. The fourth-order valence-electron chi connectivity index (χ4n) is 1.30. The maximum atomic E-state index is 5.62. The Balaban J connectivity index is 2.57. The van der Waals surface area contributed by atoms with Crippen LogP contribution in [0.1, 0.15) is 32.0 Å². The smallest absolute Gasteiger partial charge is 0.137 e. The molecular weight excluding hydrogens is 152 g/mol. The number of aromatic nitrogens is 3. The van der Waals surface area contributed by atoms with Crippen molar-refractivity contribution >= 4 is 0 Å². The highest BCUT2D eigenvalue weighted by Crippen LogP contribution is 2.18. The van der Waals surface area contributed by atoms with Gasteiger partial charge in [-0.3, -0.25) is 5.10 Å². The van der Waals surface area contributed by atoms with Crippen LogP contribution in [-0.2, 0) is 0 Å². The molecule has 0 aromatic carbocycles. The molecule has 0 radical (unpaired) electrons. The molecule has 0 aliphatic rings. The fourth-order valence-corrected chi connectivity index (χ4v) is 1.30. The number of nitrogens with two attached hydrogens (primary N) is 1. The molecule has 4 nitrogen and oxygen atoms in total. The van der Waals surface area contributed by atoms with Crippen LogP contribution in [0.2, 0.25) is 0 Å². The van der Waals surface area contributed by atoms with E-state index in [0.717, 1.165) is 12.2 Å². The van der Waals surface area contributed by atoms with E-state index in [0.29, 0.717) is 18.4 Å². The van der Waals surface area contributed by atoms with Crippen LogP contribution >= 0.6 is 0 Å². The number of rotatable bonds is 4. The molecule has 1 aromatic rings. The molecule has 0 spiro atoms. The molecule has 68 valence electrons.